The minimum atomic E-state index is -0.0520. The van der Waals surface area contributed by atoms with Crippen molar-refractivity contribution in [3.05, 3.63) is 34.9 Å². The van der Waals surface area contributed by atoms with Gasteiger partial charge in [-0.15, -0.1) is 24.0 Å². The quantitative estimate of drug-likeness (QED) is 0.434. The van der Waals surface area contributed by atoms with E-state index in [1.165, 1.54) is 6.42 Å². The Morgan fingerprint density at radius 1 is 1.52 bits per heavy atom. The molecule has 0 amide bonds. The minimum Gasteiger partial charge on any atom is -0.375 e. The number of nitrogens with zero attached hydrogens (tertiary/aromatic N) is 1. The van der Waals surface area contributed by atoms with Crippen molar-refractivity contribution in [1.82, 2.24) is 10.6 Å². The lowest BCUT2D eigenvalue weighted by Gasteiger charge is -2.19. The molecule has 1 aliphatic carbocycles. The summed E-state index contributed by atoms with van der Waals surface area (Å²) in [7, 11) is 3.48. The van der Waals surface area contributed by atoms with Crippen molar-refractivity contribution in [2.75, 3.05) is 20.7 Å². The molecule has 6 heteroatoms. The Balaban J connectivity index is 0.00000220. The maximum Gasteiger partial charge on any atom is 0.191 e. The molecule has 4 nitrogen and oxygen atoms in total. The van der Waals surface area contributed by atoms with Crippen molar-refractivity contribution in [3.63, 3.8) is 0 Å². The number of ether oxygens (including phenoxy) is 1. The number of nitrogens with one attached hydrogen (secondary N) is 2. The summed E-state index contributed by atoms with van der Waals surface area (Å²) in [5.41, 5.74) is 1.06. The zero-order chi connectivity index (χ0) is 14.5. The molecule has 3 unspecified atom stereocenters. The minimum absolute atomic E-state index is 0. The van der Waals surface area contributed by atoms with Crippen LogP contribution in [0.1, 0.15) is 25.0 Å². The van der Waals surface area contributed by atoms with Gasteiger partial charge in [0.2, 0.25) is 0 Å². The van der Waals surface area contributed by atoms with Gasteiger partial charge < -0.3 is 15.4 Å². The first-order chi connectivity index (χ1) is 9.63. The molecule has 1 saturated carbocycles. The van der Waals surface area contributed by atoms with Crippen LogP contribution in [0.4, 0.5) is 0 Å². The predicted molar refractivity (Wildman–Crippen MR) is 98.7 cm³/mol. The highest BCUT2D eigenvalue weighted by Crippen LogP contribution is 2.28. The lowest BCUT2D eigenvalue weighted by molar-refractivity contribution is 0.106. The second-order valence-corrected chi connectivity index (χ2v) is 5.63. The van der Waals surface area contributed by atoms with E-state index < -0.39 is 0 Å². The predicted octanol–water partition coefficient (Wildman–Crippen LogP) is 3.22. The Morgan fingerprint density at radius 2 is 2.24 bits per heavy atom. The maximum atomic E-state index is 6.02. The summed E-state index contributed by atoms with van der Waals surface area (Å²) in [6.07, 6.45) is 1.16. The fraction of sp³-hybridized carbons (Fsp3) is 0.533. The highest BCUT2D eigenvalue weighted by molar-refractivity contribution is 14.0. The van der Waals surface area contributed by atoms with E-state index in [0.29, 0.717) is 12.6 Å². The van der Waals surface area contributed by atoms with Crippen LogP contribution in [0.25, 0.3) is 0 Å². The van der Waals surface area contributed by atoms with Crippen LogP contribution in [-0.4, -0.2) is 32.7 Å². The van der Waals surface area contributed by atoms with Crippen LogP contribution in [0.15, 0.2) is 29.3 Å². The summed E-state index contributed by atoms with van der Waals surface area (Å²) < 4.78 is 5.52. The van der Waals surface area contributed by atoms with Crippen LogP contribution in [0, 0.1) is 5.92 Å². The summed E-state index contributed by atoms with van der Waals surface area (Å²) in [5, 5.41) is 7.41. The highest BCUT2D eigenvalue weighted by Gasteiger charge is 2.33. The van der Waals surface area contributed by atoms with Crippen LogP contribution in [0.3, 0.4) is 0 Å². The molecule has 1 aromatic rings. The molecule has 2 N–H and O–H groups in total. The first-order valence-corrected chi connectivity index (χ1v) is 7.27. The van der Waals surface area contributed by atoms with Gasteiger partial charge in [0.25, 0.3) is 0 Å². The van der Waals surface area contributed by atoms with E-state index in [4.69, 9.17) is 16.3 Å². The molecule has 21 heavy (non-hydrogen) atoms. The molecule has 0 aromatic heterocycles. The molecule has 1 fully saturated rings. The fourth-order valence-corrected chi connectivity index (χ4v) is 2.33. The number of guanidine groups is 1. The Labute approximate surface area is 148 Å². The second-order valence-electron chi connectivity index (χ2n) is 5.20. The van der Waals surface area contributed by atoms with Gasteiger partial charge in [0, 0.05) is 31.8 Å². The van der Waals surface area contributed by atoms with Crippen molar-refractivity contribution >= 4 is 41.5 Å². The molecule has 2 rings (SSSR count). The average molecular weight is 424 g/mol. The lowest BCUT2D eigenvalue weighted by atomic mass is 10.1. The maximum absolute atomic E-state index is 6.02. The number of hydrogen-bond acceptors (Lipinski definition) is 2. The van der Waals surface area contributed by atoms with Gasteiger partial charge in [0.15, 0.2) is 5.96 Å². The number of benzene rings is 1. The standard InChI is InChI=1S/C15H22ClN3O.HI/c1-10-7-13(10)19-15(17-2)18-9-14(20-3)11-5-4-6-12(16)8-11;/h4-6,8,10,13-14H,7,9H2,1-3H3,(H2,17,18,19);1H. The Kier molecular flexibility index (Phi) is 7.76. The fourth-order valence-electron chi connectivity index (χ4n) is 2.13. The topological polar surface area (TPSA) is 45.7 Å². The summed E-state index contributed by atoms with van der Waals surface area (Å²) in [4.78, 5) is 4.23. The van der Waals surface area contributed by atoms with Crippen molar-refractivity contribution in [3.8, 4) is 0 Å². The number of aliphatic imine (C=N–C) groups is 1. The van der Waals surface area contributed by atoms with Crippen LogP contribution >= 0.6 is 35.6 Å². The van der Waals surface area contributed by atoms with Gasteiger partial charge in [-0.1, -0.05) is 30.7 Å². The van der Waals surface area contributed by atoms with Gasteiger partial charge in [-0.2, -0.15) is 0 Å². The van der Waals surface area contributed by atoms with Gasteiger partial charge in [-0.05, 0) is 30.0 Å². The van der Waals surface area contributed by atoms with Crippen LogP contribution in [0.5, 0.6) is 0 Å². The van der Waals surface area contributed by atoms with Gasteiger partial charge in [-0.25, -0.2) is 0 Å². The molecular weight excluding hydrogens is 401 g/mol. The zero-order valence-corrected chi connectivity index (χ0v) is 15.7. The van der Waals surface area contributed by atoms with Gasteiger partial charge in [0.1, 0.15) is 0 Å². The van der Waals surface area contributed by atoms with Crippen molar-refractivity contribution < 1.29 is 4.74 Å². The molecule has 0 saturated heterocycles. The molecule has 0 bridgehead atoms. The average Bonchev–Trinajstić information content (AvgIpc) is 3.13. The normalized spacial score (nSPS) is 22.2. The molecule has 0 aliphatic heterocycles. The van der Waals surface area contributed by atoms with Crippen molar-refractivity contribution in [2.45, 2.75) is 25.5 Å². The first-order valence-electron chi connectivity index (χ1n) is 6.89. The van der Waals surface area contributed by atoms with E-state index in [2.05, 4.69) is 22.5 Å². The largest absolute Gasteiger partial charge is 0.375 e. The first kappa shape index (κ1) is 18.5. The van der Waals surface area contributed by atoms with Crippen LogP contribution < -0.4 is 10.6 Å². The molecule has 0 spiro atoms. The van der Waals surface area contributed by atoms with E-state index in [9.17, 15) is 0 Å². The van der Waals surface area contributed by atoms with E-state index >= 15 is 0 Å². The molecule has 118 valence electrons. The Morgan fingerprint density at radius 3 is 2.76 bits per heavy atom. The number of methoxy groups -OCH3 is 1. The Hall–Kier alpha value is -0.530. The number of rotatable bonds is 5. The summed E-state index contributed by atoms with van der Waals surface area (Å²) in [6, 6.07) is 8.29. The molecule has 3 atom stereocenters. The van der Waals surface area contributed by atoms with Crippen molar-refractivity contribution in [2.24, 2.45) is 10.9 Å². The molecule has 0 radical (unpaired) electrons. The van der Waals surface area contributed by atoms with Crippen molar-refractivity contribution in [1.29, 1.82) is 0 Å². The van der Waals surface area contributed by atoms with Gasteiger partial charge in [0.05, 0.1) is 6.10 Å². The zero-order valence-electron chi connectivity index (χ0n) is 12.6. The summed E-state index contributed by atoms with van der Waals surface area (Å²) >= 11 is 6.02. The third-order valence-corrected chi connectivity index (χ3v) is 3.85. The monoisotopic (exact) mass is 423 g/mol. The van der Waals surface area contributed by atoms with E-state index in [1.807, 2.05) is 24.3 Å². The smallest absolute Gasteiger partial charge is 0.191 e. The second kappa shape index (κ2) is 8.80. The molecule has 0 heterocycles. The molecule has 1 aromatic carbocycles. The summed E-state index contributed by atoms with van der Waals surface area (Å²) in [5.74, 6) is 1.56. The third kappa shape index (κ3) is 5.64. The van der Waals surface area contributed by atoms with E-state index in [1.54, 1.807) is 14.2 Å². The molecular formula is C15H23ClIN3O. The van der Waals surface area contributed by atoms with Gasteiger partial charge in [-0.3, -0.25) is 4.99 Å². The Bertz CT molecular complexity index is 484. The third-order valence-electron chi connectivity index (χ3n) is 3.62. The van der Waals surface area contributed by atoms with E-state index in [-0.39, 0.29) is 30.1 Å². The highest BCUT2D eigenvalue weighted by atomic mass is 127. The molecule has 1 aliphatic rings. The number of halogens is 2. The van der Waals surface area contributed by atoms with E-state index in [0.717, 1.165) is 22.5 Å². The van der Waals surface area contributed by atoms with Crippen LogP contribution in [0.2, 0.25) is 5.02 Å². The van der Waals surface area contributed by atoms with Crippen LogP contribution in [-0.2, 0) is 4.74 Å². The lowest BCUT2D eigenvalue weighted by Crippen LogP contribution is -2.41. The summed E-state index contributed by atoms with van der Waals surface area (Å²) in [6.45, 7) is 2.88. The SMILES string of the molecule is CN=C(NCC(OC)c1cccc(Cl)c1)NC1CC1C.I. The van der Waals surface area contributed by atoms with Gasteiger partial charge >= 0.3 is 0 Å². The number of hydrogen-bond donors (Lipinski definition) is 2.